The van der Waals surface area contributed by atoms with E-state index in [1.165, 1.54) is 5.56 Å². The van der Waals surface area contributed by atoms with E-state index in [0.29, 0.717) is 26.4 Å². The Morgan fingerprint density at radius 2 is 1.90 bits per heavy atom. The van der Waals surface area contributed by atoms with Crippen LogP contribution in [0.15, 0.2) is 35.3 Å². The van der Waals surface area contributed by atoms with E-state index in [1.807, 2.05) is 18.2 Å². The number of nitrogens with one attached hydrogen (secondary N) is 2. The molecule has 2 N–H and O–H groups in total. The Morgan fingerprint density at radius 1 is 1.19 bits per heavy atom. The van der Waals surface area contributed by atoms with Crippen LogP contribution in [-0.4, -0.2) is 46.5 Å². The lowest BCUT2D eigenvalue weighted by Crippen LogP contribution is -2.40. The van der Waals surface area contributed by atoms with Crippen molar-refractivity contribution in [1.29, 1.82) is 0 Å². The van der Waals surface area contributed by atoms with E-state index in [-0.39, 0.29) is 30.0 Å². The molecule has 0 heterocycles. The lowest BCUT2D eigenvalue weighted by Gasteiger charge is -2.18. The van der Waals surface area contributed by atoms with Crippen molar-refractivity contribution < 1.29 is 9.47 Å². The zero-order chi connectivity index (χ0) is 14.6. The SMILES string of the molecule is CN=C(NCCOCCOC)NC(C)c1ccccc1.I. The van der Waals surface area contributed by atoms with Crippen molar-refractivity contribution in [3.63, 3.8) is 0 Å². The molecule has 21 heavy (non-hydrogen) atoms. The Balaban J connectivity index is 0.00000400. The molecule has 0 saturated heterocycles. The van der Waals surface area contributed by atoms with Crippen LogP contribution in [0, 0.1) is 0 Å². The summed E-state index contributed by atoms with van der Waals surface area (Å²) in [6.45, 7) is 4.69. The summed E-state index contributed by atoms with van der Waals surface area (Å²) in [5.74, 6) is 0.775. The van der Waals surface area contributed by atoms with Crippen LogP contribution in [0.4, 0.5) is 0 Å². The van der Waals surface area contributed by atoms with Crippen molar-refractivity contribution in [3.8, 4) is 0 Å². The molecule has 1 unspecified atom stereocenters. The summed E-state index contributed by atoms with van der Waals surface area (Å²) in [5, 5.41) is 6.56. The second-order valence-electron chi connectivity index (χ2n) is 4.38. The van der Waals surface area contributed by atoms with Crippen LogP contribution < -0.4 is 10.6 Å². The molecule has 0 aliphatic heterocycles. The zero-order valence-electron chi connectivity index (χ0n) is 13.0. The van der Waals surface area contributed by atoms with Gasteiger partial charge in [-0.15, -0.1) is 24.0 Å². The van der Waals surface area contributed by atoms with E-state index < -0.39 is 0 Å². The molecule has 0 aliphatic carbocycles. The molecule has 6 heteroatoms. The fraction of sp³-hybridized carbons (Fsp3) is 0.533. The molecular formula is C15H26IN3O2. The van der Waals surface area contributed by atoms with E-state index in [2.05, 4.69) is 34.7 Å². The standard InChI is InChI=1S/C15H25N3O2.HI/c1-13(14-7-5-4-6-8-14)18-15(16-2)17-9-10-20-12-11-19-3;/h4-8,13H,9-12H2,1-3H3,(H2,16,17,18);1H. The van der Waals surface area contributed by atoms with Gasteiger partial charge in [0.2, 0.25) is 0 Å². The van der Waals surface area contributed by atoms with Gasteiger partial charge in [-0.05, 0) is 12.5 Å². The second-order valence-corrected chi connectivity index (χ2v) is 4.38. The maximum atomic E-state index is 5.39. The smallest absolute Gasteiger partial charge is 0.191 e. The summed E-state index contributed by atoms with van der Waals surface area (Å²) < 4.78 is 10.3. The normalized spacial score (nSPS) is 12.4. The molecule has 0 fully saturated rings. The first kappa shape index (κ1) is 20.1. The fourth-order valence-corrected chi connectivity index (χ4v) is 1.71. The van der Waals surface area contributed by atoms with E-state index >= 15 is 0 Å². The van der Waals surface area contributed by atoms with Gasteiger partial charge in [0, 0.05) is 20.7 Å². The largest absolute Gasteiger partial charge is 0.382 e. The number of benzene rings is 1. The maximum absolute atomic E-state index is 5.39. The third kappa shape index (κ3) is 8.90. The lowest BCUT2D eigenvalue weighted by atomic mass is 10.1. The number of nitrogens with zero attached hydrogens (tertiary/aromatic N) is 1. The number of ether oxygens (including phenoxy) is 2. The van der Waals surface area contributed by atoms with E-state index in [9.17, 15) is 0 Å². The summed E-state index contributed by atoms with van der Waals surface area (Å²) in [6.07, 6.45) is 0. The van der Waals surface area contributed by atoms with Crippen molar-refractivity contribution in [2.45, 2.75) is 13.0 Å². The summed E-state index contributed by atoms with van der Waals surface area (Å²) >= 11 is 0. The van der Waals surface area contributed by atoms with Crippen LogP contribution in [0.25, 0.3) is 0 Å². The molecule has 1 aromatic carbocycles. The topological polar surface area (TPSA) is 54.9 Å². The van der Waals surface area contributed by atoms with Gasteiger partial charge in [-0.2, -0.15) is 0 Å². The van der Waals surface area contributed by atoms with Gasteiger partial charge < -0.3 is 20.1 Å². The maximum Gasteiger partial charge on any atom is 0.191 e. The van der Waals surface area contributed by atoms with Crippen molar-refractivity contribution in [2.75, 3.05) is 40.5 Å². The average molecular weight is 407 g/mol. The zero-order valence-corrected chi connectivity index (χ0v) is 15.3. The number of rotatable bonds is 8. The number of methoxy groups -OCH3 is 1. The fourth-order valence-electron chi connectivity index (χ4n) is 1.71. The van der Waals surface area contributed by atoms with Crippen LogP contribution in [0.2, 0.25) is 0 Å². The molecule has 1 aromatic rings. The van der Waals surface area contributed by atoms with E-state index in [1.54, 1.807) is 14.2 Å². The number of guanidine groups is 1. The highest BCUT2D eigenvalue weighted by molar-refractivity contribution is 14.0. The van der Waals surface area contributed by atoms with Gasteiger partial charge in [0.15, 0.2) is 5.96 Å². The van der Waals surface area contributed by atoms with Crippen LogP contribution in [-0.2, 0) is 9.47 Å². The molecule has 120 valence electrons. The first-order chi connectivity index (χ1) is 9.77. The summed E-state index contributed by atoms with van der Waals surface area (Å²) in [5.41, 5.74) is 1.23. The quantitative estimate of drug-likeness (QED) is 0.300. The van der Waals surface area contributed by atoms with Gasteiger partial charge in [0.05, 0.1) is 25.9 Å². The van der Waals surface area contributed by atoms with E-state index in [4.69, 9.17) is 9.47 Å². The van der Waals surface area contributed by atoms with Crippen molar-refractivity contribution in [3.05, 3.63) is 35.9 Å². The van der Waals surface area contributed by atoms with Crippen molar-refractivity contribution in [1.82, 2.24) is 10.6 Å². The number of hydrogen-bond donors (Lipinski definition) is 2. The molecule has 0 bridgehead atoms. The highest BCUT2D eigenvalue weighted by atomic mass is 127. The molecule has 0 aliphatic rings. The monoisotopic (exact) mass is 407 g/mol. The number of hydrogen-bond acceptors (Lipinski definition) is 3. The predicted octanol–water partition coefficient (Wildman–Crippen LogP) is 2.19. The van der Waals surface area contributed by atoms with Crippen LogP contribution >= 0.6 is 24.0 Å². The molecule has 0 radical (unpaired) electrons. The Kier molecular flexibility index (Phi) is 12.3. The van der Waals surface area contributed by atoms with Crippen molar-refractivity contribution >= 4 is 29.9 Å². The van der Waals surface area contributed by atoms with Gasteiger partial charge >= 0.3 is 0 Å². The van der Waals surface area contributed by atoms with Gasteiger partial charge in [0.25, 0.3) is 0 Å². The highest BCUT2D eigenvalue weighted by Gasteiger charge is 2.06. The third-order valence-corrected chi connectivity index (χ3v) is 2.85. The molecule has 0 aromatic heterocycles. The minimum absolute atomic E-state index is 0. The van der Waals surface area contributed by atoms with Crippen molar-refractivity contribution in [2.24, 2.45) is 4.99 Å². The van der Waals surface area contributed by atoms with Crippen LogP contribution in [0.5, 0.6) is 0 Å². The number of aliphatic imine (C=N–C) groups is 1. The first-order valence-electron chi connectivity index (χ1n) is 6.86. The van der Waals surface area contributed by atoms with Gasteiger partial charge in [-0.25, -0.2) is 0 Å². The molecule has 5 nitrogen and oxygen atoms in total. The highest BCUT2D eigenvalue weighted by Crippen LogP contribution is 2.10. The van der Waals surface area contributed by atoms with E-state index in [0.717, 1.165) is 5.96 Å². The molecular weight excluding hydrogens is 381 g/mol. The van der Waals surface area contributed by atoms with Gasteiger partial charge in [-0.3, -0.25) is 4.99 Å². The van der Waals surface area contributed by atoms with Crippen LogP contribution in [0.3, 0.4) is 0 Å². The van der Waals surface area contributed by atoms with Gasteiger partial charge in [0.1, 0.15) is 0 Å². The average Bonchev–Trinajstić information content (AvgIpc) is 2.50. The predicted molar refractivity (Wildman–Crippen MR) is 97.5 cm³/mol. The Hall–Kier alpha value is -0.860. The minimum atomic E-state index is 0. The second kappa shape index (κ2) is 12.8. The molecule has 1 rings (SSSR count). The lowest BCUT2D eigenvalue weighted by molar-refractivity contribution is 0.0733. The Labute approximate surface area is 144 Å². The summed E-state index contributed by atoms with van der Waals surface area (Å²) in [4.78, 5) is 4.20. The molecule has 1 atom stereocenters. The first-order valence-corrected chi connectivity index (χ1v) is 6.86. The Bertz CT molecular complexity index is 388. The Morgan fingerprint density at radius 3 is 2.52 bits per heavy atom. The van der Waals surface area contributed by atoms with Crippen LogP contribution in [0.1, 0.15) is 18.5 Å². The summed E-state index contributed by atoms with van der Waals surface area (Å²) in [7, 11) is 3.43. The number of halogens is 1. The van der Waals surface area contributed by atoms with Gasteiger partial charge in [-0.1, -0.05) is 30.3 Å². The molecule has 0 saturated carbocycles. The minimum Gasteiger partial charge on any atom is -0.382 e. The molecule has 0 spiro atoms. The third-order valence-electron chi connectivity index (χ3n) is 2.85. The molecule has 0 amide bonds. The summed E-state index contributed by atoms with van der Waals surface area (Å²) in [6, 6.07) is 10.5.